The Bertz CT molecular complexity index is 651. The van der Waals surface area contributed by atoms with E-state index in [1.54, 1.807) is 26.0 Å². The van der Waals surface area contributed by atoms with Gasteiger partial charge in [0.15, 0.2) is 0 Å². The molecule has 22 heavy (non-hydrogen) atoms. The van der Waals surface area contributed by atoms with Crippen molar-refractivity contribution in [2.45, 2.75) is 26.9 Å². The molecule has 0 aliphatic rings. The molecule has 0 aromatic heterocycles. The van der Waals surface area contributed by atoms with Crippen LogP contribution in [0, 0.1) is 5.41 Å². The first-order valence-electron chi connectivity index (χ1n) is 7.07. The Morgan fingerprint density at radius 3 is 2.41 bits per heavy atom. The van der Waals surface area contributed by atoms with Crippen molar-refractivity contribution < 1.29 is 14.6 Å². The first kappa shape index (κ1) is 16.4. The third-order valence-corrected chi connectivity index (χ3v) is 3.75. The van der Waals surface area contributed by atoms with Gasteiger partial charge in [-0.15, -0.1) is 0 Å². The highest BCUT2D eigenvalue weighted by atomic mass is 35.5. The number of rotatable bonds is 6. The van der Waals surface area contributed by atoms with E-state index < -0.39 is 11.4 Å². The molecule has 0 bridgehead atoms. The van der Waals surface area contributed by atoms with Crippen LogP contribution in [0.1, 0.15) is 25.0 Å². The molecular weight excluding hydrogens is 300 g/mol. The van der Waals surface area contributed by atoms with E-state index in [0.717, 1.165) is 11.1 Å². The van der Waals surface area contributed by atoms with E-state index in [0.29, 0.717) is 23.8 Å². The fourth-order valence-electron chi connectivity index (χ4n) is 2.09. The van der Waals surface area contributed by atoms with Crippen LogP contribution >= 0.6 is 11.6 Å². The summed E-state index contributed by atoms with van der Waals surface area (Å²) in [5, 5.41) is 9.67. The number of hydrogen-bond acceptors (Lipinski definition) is 2. The predicted molar refractivity (Wildman–Crippen MR) is 87.3 cm³/mol. The lowest BCUT2D eigenvalue weighted by Gasteiger charge is -2.19. The number of carboxylic acids is 1. The molecule has 0 amide bonds. The number of carbonyl (C=O) groups is 1. The van der Waals surface area contributed by atoms with E-state index in [9.17, 15) is 9.90 Å². The lowest BCUT2D eigenvalue weighted by molar-refractivity contribution is -0.146. The number of halogens is 1. The molecule has 0 aliphatic heterocycles. The minimum absolute atomic E-state index is 0.418. The quantitative estimate of drug-likeness (QED) is 0.848. The zero-order valence-electron chi connectivity index (χ0n) is 12.7. The largest absolute Gasteiger partial charge is 0.487 e. The van der Waals surface area contributed by atoms with Gasteiger partial charge in [0, 0.05) is 0 Å². The fraction of sp³-hybridized carbons (Fsp3) is 0.278. The van der Waals surface area contributed by atoms with Crippen molar-refractivity contribution in [2.75, 3.05) is 0 Å². The third kappa shape index (κ3) is 4.25. The smallest absolute Gasteiger partial charge is 0.309 e. The second-order valence-electron chi connectivity index (χ2n) is 5.90. The molecule has 2 aromatic carbocycles. The molecule has 0 saturated carbocycles. The van der Waals surface area contributed by atoms with Gasteiger partial charge >= 0.3 is 5.97 Å². The van der Waals surface area contributed by atoms with Gasteiger partial charge in [-0.2, -0.15) is 0 Å². The van der Waals surface area contributed by atoms with E-state index >= 15 is 0 Å². The SMILES string of the molecule is CC(C)(Cc1ccc(OCc2ccccc2)c(Cl)c1)C(=O)O. The summed E-state index contributed by atoms with van der Waals surface area (Å²) in [6.07, 6.45) is 0.418. The Labute approximate surface area is 135 Å². The van der Waals surface area contributed by atoms with E-state index in [1.165, 1.54) is 0 Å². The standard InChI is InChI=1S/C18H19ClO3/c1-18(2,17(20)21)11-14-8-9-16(15(19)10-14)22-12-13-6-4-3-5-7-13/h3-10H,11-12H2,1-2H3,(H,20,21). The minimum Gasteiger partial charge on any atom is -0.487 e. The van der Waals surface area contributed by atoms with Gasteiger partial charge in [0.1, 0.15) is 12.4 Å². The number of hydrogen-bond donors (Lipinski definition) is 1. The van der Waals surface area contributed by atoms with Crippen LogP contribution in [0.3, 0.4) is 0 Å². The molecule has 4 heteroatoms. The van der Waals surface area contributed by atoms with Crippen LogP contribution in [-0.2, 0) is 17.8 Å². The molecule has 0 atom stereocenters. The summed E-state index contributed by atoms with van der Waals surface area (Å²) in [4.78, 5) is 11.2. The van der Waals surface area contributed by atoms with Gasteiger partial charge in [-0.1, -0.05) is 48.0 Å². The molecule has 0 unspecified atom stereocenters. The van der Waals surface area contributed by atoms with Crippen LogP contribution < -0.4 is 4.74 Å². The zero-order chi connectivity index (χ0) is 16.2. The van der Waals surface area contributed by atoms with Crippen molar-refractivity contribution in [3.8, 4) is 5.75 Å². The second kappa shape index (κ2) is 6.84. The summed E-state index contributed by atoms with van der Waals surface area (Å²) in [7, 11) is 0. The lowest BCUT2D eigenvalue weighted by Crippen LogP contribution is -2.26. The van der Waals surface area contributed by atoms with Crippen LogP contribution in [-0.4, -0.2) is 11.1 Å². The maximum absolute atomic E-state index is 11.2. The van der Waals surface area contributed by atoms with E-state index in [1.807, 2.05) is 36.4 Å². The average Bonchev–Trinajstić information content (AvgIpc) is 2.47. The Morgan fingerprint density at radius 2 is 1.82 bits per heavy atom. The van der Waals surface area contributed by atoms with Crippen LogP contribution in [0.4, 0.5) is 0 Å². The first-order chi connectivity index (χ1) is 10.4. The molecule has 0 heterocycles. The van der Waals surface area contributed by atoms with Gasteiger partial charge in [-0.25, -0.2) is 0 Å². The van der Waals surface area contributed by atoms with Gasteiger partial charge < -0.3 is 9.84 Å². The van der Waals surface area contributed by atoms with Gasteiger partial charge in [0.05, 0.1) is 10.4 Å². The average molecular weight is 319 g/mol. The van der Waals surface area contributed by atoms with E-state index in [-0.39, 0.29) is 0 Å². The summed E-state index contributed by atoms with van der Waals surface area (Å²) >= 11 is 6.23. The maximum atomic E-state index is 11.2. The summed E-state index contributed by atoms with van der Waals surface area (Å²) in [5.74, 6) is -0.226. The van der Waals surface area contributed by atoms with Crippen molar-refractivity contribution >= 4 is 17.6 Å². The van der Waals surface area contributed by atoms with Crippen LogP contribution in [0.5, 0.6) is 5.75 Å². The maximum Gasteiger partial charge on any atom is 0.309 e. The highest BCUT2D eigenvalue weighted by molar-refractivity contribution is 6.32. The normalized spacial score (nSPS) is 11.2. The van der Waals surface area contributed by atoms with Crippen molar-refractivity contribution in [1.82, 2.24) is 0 Å². The van der Waals surface area contributed by atoms with Crippen LogP contribution in [0.25, 0.3) is 0 Å². The number of ether oxygens (including phenoxy) is 1. The first-order valence-corrected chi connectivity index (χ1v) is 7.45. The number of carboxylic acid groups (broad SMARTS) is 1. The Balaban J connectivity index is 2.05. The van der Waals surface area contributed by atoms with Crippen molar-refractivity contribution in [3.05, 3.63) is 64.7 Å². The summed E-state index contributed by atoms with van der Waals surface area (Å²) < 4.78 is 5.71. The topological polar surface area (TPSA) is 46.5 Å². The molecule has 2 rings (SSSR count). The molecule has 0 radical (unpaired) electrons. The summed E-state index contributed by atoms with van der Waals surface area (Å²) in [5.41, 5.74) is 1.12. The van der Waals surface area contributed by atoms with E-state index in [2.05, 4.69) is 0 Å². The fourth-order valence-corrected chi connectivity index (χ4v) is 2.35. The molecular formula is C18H19ClO3. The second-order valence-corrected chi connectivity index (χ2v) is 6.31. The summed E-state index contributed by atoms with van der Waals surface area (Å²) in [6, 6.07) is 15.3. The molecule has 116 valence electrons. The molecule has 0 aliphatic carbocycles. The lowest BCUT2D eigenvalue weighted by atomic mass is 9.86. The van der Waals surface area contributed by atoms with Crippen molar-refractivity contribution in [1.29, 1.82) is 0 Å². The Kier molecular flexibility index (Phi) is 5.09. The van der Waals surface area contributed by atoms with Crippen molar-refractivity contribution in [2.24, 2.45) is 5.41 Å². The van der Waals surface area contributed by atoms with Crippen LogP contribution in [0.2, 0.25) is 5.02 Å². The Hall–Kier alpha value is -2.00. The monoisotopic (exact) mass is 318 g/mol. The highest BCUT2D eigenvalue weighted by Crippen LogP contribution is 2.29. The molecule has 2 aromatic rings. The zero-order valence-corrected chi connectivity index (χ0v) is 13.4. The number of benzene rings is 2. The van der Waals surface area contributed by atoms with Gasteiger partial charge in [0.25, 0.3) is 0 Å². The Morgan fingerprint density at radius 1 is 1.14 bits per heavy atom. The minimum atomic E-state index is -0.826. The molecule has 3 nitrogen and oxygen atoms in total. The summed E-state index contributed by atoms with van der Waals surface area (Å²) in [6.45, 7) is 3.84. The van der Waals surface area contributed by atoms with Crippen LogP contribution in [0.15, 0.2) is 48.5 Å². The third-order valence-electron chi connectivity index (χ3n) is 3.46. The molecule has 0 fully saturated rings. The number of aliphatic carboxylic acids is 1. The van der Waals surface area contributed by atoms with E-state index in [4.69, 9.17) is 16.3 Å². The molecule has 1 N–H and O–H groups in total. The van der Waals surface area contributed by atoms with Crippen molar-refractivity contribution in [3.63, 3.8) is 0 Å². The molecule has 0 saturated heterocycles. The highest BCUT2D eigenvalue weighted by Gasteiger charge is 2.27. The predicted octanol–water partition coefficient (Wildman–Crippen LogP) is 4.57. The molecule has 0 spiro atoms. The van der Waals surface area contributed by atoms with Gasteiger partial charge in [-0.3, -0.25) is 4.79 Å². The van der Waals surface area contributed by atoms with Gasteiger partial charge in [0.2, 0.25) is 0 Å². The van der Waals surface area contributed by atoms with Gasteiger partial charge in [-0.05, 0) is 43.5 Å².